The molecule has 0 aliphatic heterocycles. The Morgan fingerprint density at radius 2 is 1.26 bits per heavy atom. The SMILES string of the molecule is O=Cc1ccc(CCc2cccnc2)cc1Oc1ccc(CCc2cccnc2)cc1. The zero-order chi connectivity index (χ0) is 21.3. The zero-order valence-corrected chi connectivity index (χ0v) is 17.3. The predicted molar refractivity (Wildman–Crippen MR) is 122 cm³/mol. The van der Waals surface area contributed by atoms with E-state index in [1.807, 2.05) is 54.9 Å². The average molecular weight is 409 g/mol. The predicted octanol–water partition coefficient (Wildman–Crippen LogP) is 5.65. The molecule has 2 aromatic heterocycles. The van der Waals surface area contributed by atoms with E-state index in [1.165, 1.54) is 16.7 Å². The van der Waals surface area contributed by atoms with Crippen molar-refractivity contribution in [2.75, 3.05) is 0 Å². The summed E-state index contributed by atoms with van der Waals surface area (Å²) in [5, 5.41) is 0. The summed E-state index contributed by atoms with van der Waals surface area (Å²) < 4.78 is 6.06. The molecule has 0 saturated carbocycles. The highest BCUT2D eigenvalue weighted by Gasteiger charge is 2.07. The second-order valence-corrected chi connectivity index (χ2v) is 7.46. The smallest absolute Gasteiger partial charge is 0.153 e. The van der Waals surface area contributed by atoms with Crippen molar-refractivity contribution < 1.29 is 9.53 Å². The summed E-state index contributed by atoms with van der Waals surface area (Å²) in [5.74, 6) is 1.31. The van der Waals surface area contributed by atoms with E-state index in [9.17, 15) is 4.79 Å². The quantitative estimate of drug-likeness (QED) is 0.336. The molecular weight excluding hydrogens is 384 g/mol. The van der Waals surface area contributed by atoms with Gasteiger partial charge in [-0.05, 0) is 84.3 Å². The molecule has 0 aliphatic carbocycles. The largest absolute Gasteiger partial charge is 0.457 e. The van der Waals surface area contributed by atoms with Crippen molar-refractivity contribution in [3.63, 3.8) is 0 Å². The Balaban J connectivity index is 1.40. The Labute approximate surface area is 182 Å². The van der Waals surface area contributed by atoms with Gasteiger partial charge in [0, 0.05) is 24.8 Å². The van der Waals surface area contributed by atoms with Crippen molar-refractivity contribution in [3.8, 4) is 11.5 Å². The third kappa shape index (κ3) is 5.86. The molecule has 0 spiro atoms. The minimum Gasteiger partial charge on any atom is -0.457 e. The van der Waals surface area contributed by atoms with Crippen LogP contribution < -0.4 is 4.74 Å². The van der Waals surface area contributed by atoms with Crippen molar-refractivity contribution in [3.05, 3.63) is 119 Å². The van der Waals surface area contributed by atoms with Crippen molar-refractivity contribution >= 4 is 6.29 Å². The molecule has 0 bridgehead atoms. The first-order chi connectivity index (χ1) is 15.3. The molecule has 154 valence electrons. The molecule has 2 heterocycles. The fourth-order valence-electron chi connectivity index (χ4n) is 3.44. The van der Waals surface area contributed by atoms with E-state index < -0.39 is 0 Å². The Morgan fingerprint density at radius 3 is 1.84 bits per heavy atom. The standard InChI is InChI=1S/C27H24N2O2/c30-20-25-12-9-22(6-8-24-4-2-16-29-19-24)17-27(25)31-26-13-10-21(11-14-26)5-7-23-3-1-15-28-18-23/h1-4,9-20H,5-8H2. The van der Waals surface area contributed by atoms with Crippen molar-refractivity contribution in [2.45, 2.75) is 25.7 Å². The van der Waals surface area contributed by atoms with E-state index in [4.69, 9.17) is 4.74 Å². The first-order valence-corrected chi connectivity index (χ1v) is 10.4. The van der Waals surface area contributed by atoms with Gasteiger partial charge >= 0.3 is 0 Å². The highest BCUT2D eigenvalue weighted by Crippen LogP contribution is 2.27. The number of ether oxygens (including phenoxy) is 1. The average Bonchev–Trinajstić information content (AvgIpc) is 2.84. The number of aryl methyl sites for hydroxylation is 4. The molecular formula is C27H24N2O2. The van der Waals surface area contributed by atoms with E-state index in [-0.39, 0.29) is 0 Å². The number of hydrogen-bond donors (Lipinski definition) is 0. The highest BCUT2D eigenvalue weighted by molar-refractivity contribution is 5.79. The molecule has 31 heavy (non-hydrogen) atoms. The number of hydrogen-bond acceptors (Lipinski definition) is 4. The van der Waals surface area contributed by atoms with Gasteiger partial charge in [-0.15, -0.1) is 0 Å². The maximum Gasteiger partial charge on any atom is 0.153 e. The van der Waals surface area contributed by atoms with Gasteiger partial charge in [0.15, 0.2) is 6.29 Å². The molecule has 4 rings (SSSR count). The van der Waals surface area contributed by atoms with Crippen LogP contribution >= 0.6 is 0 Å². The zero-order valence-electron chi connectivity index (χ0n) is 17.3. The summed E-state index contributed by atoms with van der Waals surface area (Å²) in [6.07, 6.45) is 11.8. The number of pyridine rings is 2. The fraction of sp³-hybridized carbons (Fsp3) is 0.148. The second kappa shape index (κ2) is 10.3. The number of carbonyl (C=O) groups excluding carboxylic acids is 1. The monoisotopic (exact) mass is 408 g/mol. The van der Waals surface area contributed by atoms with Gasteiger partial charge in [-0.3, -0.25) is 14.8 Å². The molecule has 0 N–H and O–H groups in total. The molecule has 4 heteroatoms. The van der Waals surface area contributed by atoms with Crippen LogP contribution in [0, 0.1) is 0 Å². The molecule has 2 aromatic carbocycles. The molecule has 0 atom stereocenters. The van der Waals surface area contributed by atoms with Crippen LogP contribution in [0.4, 0.5) is 0 Å². The Morgan fingerprint density at radius 1 is 0.677 bits per heavy atom. The summed E-state index contributed by atoms with van der Waals surface area (Å²) in [7, 11) is 0. The minimum atomic E-state index is 0.547. The van der Waals surface area contributed by atoms with E-state index in [0.717, 1.165) is 43.3 Å². The molecule has 0 fully saturated rings. The van der Waals surface area contributed by atoms with Crippen molar-refractivity contribution in [2.24, 2.45) is 0 Å². The fourth-order valence-corrected chi connectivity index (χ4v) is 3.44. The van der Waals surface area contributed by atoms with Gasteiger partial charge in [0.2, 0.25) is 0 Å². The van der Waals surface area contributed by atoms with Gasteiger partial charge in [-0.2, -0.15) is 0 Å². The summed E-state index contributed by atoms with van der Waals surface area (Å²) in [6, 6.07) is 21.9. The first-order valence-electron chi connectivity index (χ1n) is 10.4. The summed E-state index contributed by atoms with van der Waals surface area (Å²) in [5.41, 5.74) is 5.31. The Bertz CT molecular complexity index is 1110. The van der Waals surface area contributed by atoms with Gasteiger partial charge in [0.25, 0.3) is 0 Å². The summed E-state index contributed by atoms with van der Waals surface area (Å²) in [6.45, 7) is 0. The van der Waals surface area contributed by atoms with E-state index in [2.05, 4.69) is 34.2 Å². The van der Waals surface area contributed by atoms with Gasteiger partial charge in [0.1, 0.15) is 11.5 Å². The highest BCUT2D eigenvalue weighted by atomic mass is 16.5. The maximum atomic E-state index is 11.5. The number of nitrogens with zero attached hydrogens (tertiary/aromatic N) is 2. The molecule has 4 nitrogen and oxygen atoms in total. The third-order valence-electron chi connectivity index (χ3n) is 5.21. The van der Waals surface area contributed by atoms with Gasteiger partial charge in [0.05, 0.1) is 5.56 Å². The van der Waals surface area contributed by atoms with Crippen LogP contribution in [0.2, 0.25) is 0 Å². The van der Waals surface area contributed by atoms with Crippen LogP contribution in [0.25, 0.3) is 0 Å². The van der Waals surface area contributed by atoms with E-state index in [0.29, 0.717) is 11.3 Å². The number of aldehydes is 1. The number of aromatic nitrogens is 2. The lowest BCUT2D eigenvalue weighted by Gasteiger charge is -2.11. The first kappa shape index (κ1) is 20.5. The van der Waals surface area contributed by atoms with Crippen molar-refractivity contribution in [1.29, 1.82) is 0 Å². The molecule has 0 amide bonds. The van der Waals surface area contributed by atoms with Gasteiger partial charge in [-0.25, -0.2) is 0 Å². The van der Waals surface area contributed by atoms with Crippen LogP contribution in [-0.4, -0.2) is 16.3 Å². The lowest BCUT2D eigenvalue weighted by molar-refractivity contribution is 0.112. The molecule has 0 saturated heterocycles. The normalized spacial score (nSPS) is 10.6. The summed E-state index contributed by atoms with van der Waals surface area (Å²) in [4.78, 5) is 19.8. The van der Waals surface area contributed by atoms with Crippen LogP contribution in [0.5, 0.6) is 11.5 Å². The topological polar surface area (TPSA) is 52.1 Å². The number of benzene rings is 2. The van der Waals surface area contributed by atoms with Gasteiger partial charge < -0.3 is 4.74 Å². The summed E-state index contributed by atoms with van der Waals surface area (Å²) >= 11 is 0. The Hall–Kier alpha value is -3.79. The van der Waals surface area contributed by atoms with Crippen LogP contribution in [0.1, 0.15) is 32.6 Å². The van der Waals surface area contributed by atoms with Gasteiger partial charge in [-0.1, -0.05) is 30.3 Å². The molecule has 0 unspecified atom stereocenters. The van der Waals surface area contributed by atoms with Crippen molar-refractivity contribution in [1.82, 2.24) is 9.97 Å². The van der Waals surface area contributed by atoms with E-state index in [1.54, 1.807) is 12.4 Å². The lowest BCUT2D eigenvalue weighted by Crippen LogP contribution is -1.96. The lowest BCUT2D eigenvalue weighted by atomic mass is 10.0. The number of carbonyl (C=O) groups is 1. The van der Waals surface area contributed by atoms with Crippen LogP contribution in [-0.2, 0) is 25.7 Å². The maximum absolute atomic E-state index is 11.5. The van der Waals surface area contributed by atoms with E-state index >= 15 is 0 Å². The molecule has 0 aliphatic rings. The molecule has 4 aromatic rings. The molecule has 0 radical (unpaired) electrons. The number of rotatable bonds is 9. The third-order valence-corrected chi connectivity index (χ3v) is 5.21. The van der Waals surface area contributed by atoms with Crippen LogP contribution in [0.15, 0.2) is 91.5 Å². The Kier molecular flexibility index (Phi) is 6.81. The minimum absolute atomic E-state index is 0.547. The second-order valence-electron chi connectivity index (χ2n) is 7.46. The van der Waals surface area contributed by atoms with Crippen LogP contribution in [0.3, 0.4) is 0 Å².